The van der Waals surface area contributed by atoms with Gasteiger partial charge in [-0.25, -0.2) is 4.79 Å². The van der Waals surface area contributed by atoms with E-state index in [2.05, 4.69) is 6.92 Å². The van der Waals surface area contributed by atoms with E-state index in [0.717, 1.165) is 19.4 Å². The lowest BCUT2D eigenvalue weighted by atomic mass is 10.2. The Bertz CT molecular complexity index is 652. The van der Waals surface area contributed by atoms with E-state index in [1.165, 1.54) is 0 Å². The average Bonchev–Trinajstić information content (AvgIpc) is 3.06. The molecule has 0 spiro atoms. The standard InChI is InChI=1S/C34H68O15/c1-5-6-7-36-8-9-37-10-11-38-12-13-39-14-15-40-16-17-41-18-19-42-20-21-43-22-23-44-24-25-45-26-27-46-28-29-47-30-31-48-32-33(35)49-34(2,3)4/h5-32H2,1-4H3. The summed E-state index contributed by atoms with van der Waals surface area (Å²) in [7, 11) is 0. The lowest BCUT2D eigenvalue weighted by Gasteiger charge is -2.19. The van der Waals surface area contributed by atoms with Crippen LogP contribution in [0.1, 0.15) is 40.5 Å². The second kappa shape index (κ2) is 39.7. The molecule has 0 bridgehead atoms. The van der Waals surface area contributed by atoms with Crippen LogP contribution in [0.25, 0.3) is 0 Å². The number of carbonyl (C=O) groups is 1. The van der Waals surface area contributed by atoms with E-state index in [9.17, 15) is 4.79 Å². The van der Waals surface area contributed by atoms with Crippen molar-refractivity contribution in [3.8, 4) is 0 Å². The number of hydrogen-bond acceptors (Lipinski definition) is 15. The van der Waals surface area contributed by atoms with E-state index in [4.69, 9.17) is 66.3 Å². The van der Waals surface area contributed by atoms with Gasteiger partial charge in [0.25, 0.3) is 0 Å². The Hall–Kier alpha value is -1.05. The van der Waals surface area contributed by atoms with Gasteiger partial charge in [-0.2, -0.15) is 0 Å². The molecule has 0 atom stereocenters. The summed E-state index contributed by atoms with van der Waals surface area (Å²) in [5.74, 6) is -0.387. The van der Waals surface area contributed by atoms with Gasteiger partial charge in [0.05, 0.1) is 159 Å². The van der Waals surface area contributed by atoms with Gasteiger partial charge < -0.3 is 66.3 Å². The van der Waals surface area contributed by atoms with Crippen LogP contribution in [0, 0.1) is 0 Å². The third-order valence-corrected chi connectivity index (χ3v) is 5.75. The molecule has 49 heavy (non-hydrogen) atoms. The predicted molar refractivity (Wildman–Crippen MR) is 181 cm³/mol. The van der Waals surface area contributed by atoms with E-state index in [-0.39, 0.29) is 12.6 Å². The van der Waals surface area contributed by atoms with Crippen molar-refractivity contribution in [1.82, 2.24) is 0 Å². The maximum absolute atomic E-state index is 11.5. The van der Waals surface area contributed by atoms with Gasteiger partial charge in [-0.3, -0.25) is 0 Å². The van der Waals surface area contributed by atoms with Crippen molar-refractivity contribution < 1.29 is 71.1 Å². The van der Waals surface area contributed by atoms with Crippen LogP contribution in [0.3, 0.4) is 0 Å². The van der Waals surface area contributed by atoms with E-state index < -0.39 is 5.60 Å². The van der Waals surface area contributed by atoms with Gasteiger partial charge >= 0.3 is 5.97 Å². The summed E-state index contributed by atoms with van der Waals surface area (Å²) in [6, 6.07) is 0. The highest BCUT2D eigenvalue weighted by Crippen LogP contribution is 2.06. The highest BCUT2D eigenvalue weighted by atomic mass is 16.6. The van der Waals surface area contributed by atoms with Gasteiger partial charge in [0.15, 0.2) is 0 Å². The summed E-state index contributed by atoms with van der Waals surface area (Å²) in [4.78, 5) is 11.5. The quantitative estimate of drug-likeness (QED) is 0.0674. The lowest BCUT2D eigenvalue weighted by Crippen LogP contribution is -2.27. The largest absolute Gasteiger partial charge is 0.458 e. The Labute approximate surface area is 295 Å². The highest BCUT2D eigenvalue weighted by molar-refractivity contribution is 5.71. The zero-order valence-electron chi connectivity index (χ0n) is 30.9. The second-order valence-electron chi connectivity index (χ2n) is 11.3. The average molecular weight is 717 g/mol. The Morgan fingerprint density at radius 3 is 0.755 bits per heavy atom. The van der Waals surface area contributed by atoms with Crippen molar-refractivity contribution in [1.29, 1.82) is 0 Å². The first kappa shape index (κ1) is 48.0. The number of ether oxygens (including phenoxy) is 14. The minimum Gasteiger partial charge on any atom is -0.458 e. The van der Waals surface area contributed by atoms with Gasteiger partial charge in [-0.05, 0) is 27.2 Å². The minimum absolute atomic E-state index is 0.0837. The van der Waals surface area contributed by atoms with Crippen LogP contribution in [0.15, 0.2) is 0 Å². The van der Waals surface area contributed by atoms with E-state index in [1.54, 1.807) is 0 Å². The molecule has 0 aromatic carbocycles. The summed E-state index contributed by atoms with van der Waals surface area (Å²) in [5.41, 5.74) is -0.512. The smallest absolute Gasteiger partial charge is 0.332 e. The number of unbranched alkanes of at least 4 members (excludes halogenated alkanes) is 1. The molecule has 15 nitrogen and oxygen atoms in total. The molecule has 0 unspecified atom stereocenters. The molecule has 0 aromatic heterocycles. The molecule has 15 heteroatoms. The molecule has 0 aliphatic heterocycles. The molecule has 0 aliphatic carbocycles. The number of rotatable bonds is 41. The first-order valence-electron chi connectivity index (χ1n) is 17.7. The van der Waals surface area contributed by atoms with Crippen LogP contribution in [-0.2, 0) is 71.1 Å². The Morgan fingerprint density at radius 1 is 0.347 bits per heavy atom. The molecule has 0 fully saturated rings. The molecule has 0 amide bonds. The van der Waals surface area contributed by atoms with Crippen molar-refractivity contribution in [3.63, 3.8) is 0 Å². The lowest BCUT2D eigenvalue weighted by molar-refractivity contribution is -0.160. The Kier molecular flexibility index (Phi) is 38.9. The topological polar surface area (TPSA) is 146 Å². The van der Waals surface area contributed by atoms with Crippen molar-refractivity contribution in [2.24, 2.45) is 0 Å². The number of esters is 1. The number of carbonyl (C=O) groups excluding carboxylic acids is 1. The van der Waals surface area contributed by atoms with Gasteiger partial charge in [0.2, 0.25) is 0 Å². The fourth-order valence-electron chi connectivity index (χ4n) is 3.41. The van der Waals surface area contributed by atoms with Crippen LogP contribution < -0.4 is 0 Å². The summed E-state index contributed by atoms with van der Waals surface area (Å²) in [6.07, 6.45) is 2.23. The van der Waals surface area contributed by atoms with Gasteiger partial charge in [-0.15, -0.1) is 0 Å². The molecule has 0 heterocycles. The zero-order chi connectivity index (χ0) is 35.8. The maximum atomic E-state index is 11.5. The van der Waals surface area contributed by atoms with Gasteiger partial charge in [-0.1, -0.05) is 13.3 Å². The van der Waals surface area contributed by atoms with Crippen molar-refractivity contribution in [3.05, 3.63) is 0 Å². The summed E-state index contributed by atoms with van der Waals surface area (Å²) in [6.45, 7) is 20.3. The molecule has 0 aromatic rings. The molecule has 294 valence electrons. The predicted octanol–water partition coefficient (Wildman–Crippen LogP) is 2.34. The van der Waals surface area contributed by atoms with E-state index in [0.29, 0.717) is 159 Å². The van der Waals surface area contributed by atoms with Crippen LogP contribution in [0.5, 0.6) is 0 Å². The van der Waals surface area contributed by atoms with Crippen LogP contribution >= 0.6 is 0 Å². The highest BCUT2D eigenvalue weighted by Gasteiger charge is 2.15. The SMILES string of the molecule is CCCCOCCOCCOCCOCCOCCOCCOCCOCCOCCOCCOCCOCCOCC(=O)OC(C)(C)C. The van der Waals surface area contributed by atoms with Crippen LogP contribution in [0.2, 0.25) is 0 Å². The van der Waals surface area contributed by atoms with Crippen molar-refractivity contribution >= 4 is 5.97 Å². The molecular formula is C34H68O15. The maximum Gasteiger partial charge on any atom is 0.332 e. The molecule has 0 saturated carbocycles. The fraction of sp³-hybridized carbons (Fsp3) is 0.971. The molecule has 0 saturated heterocycles. The van der Waals surface area contributed by atoms with Gasteiger partial charge in [0, 0.05) is 6.61 Å². The second-order valence-corrected chi connectivity index (χ2v) is 11.3. The third kappa shape index (κ3) is 44.9. The monoisotopic (exact) mass is 716 g/mol. The first-order valence-corrected chi connectivity index (χ1v) is 17.7. The van der Waals surface area contributed by atoms with Crippen molar-refractivity contribution in [2.45, 2.75) is 46.1 Å². The van der Waals surface area contributed by atoms with E-state index >= 15 is 0 Å². The number of hydrogen-bond donors (Lipinski definition) is 0. The van der Waals surface area contributed by atoms with Gasteiger partial charge in [0.1, 0.15) is 12.2 Å². The zero-order valence-corrected chi connectivity index (χ0v) is 30.9. The molecule has 0 rings (SSSR count). The Morgan fingerprint density at radius 2 is 0.551 bits per heavy atom. The molecular weight excluding hydrogens is 648 g/mol. The Balaban J connectivity index is 3.09. The normalized spacial score (nSPS) is 11.8. The molecule has 0 aliphatic rings. The summed E-state index contributed by atoms with van der Waals surface area (Å²) in [5, 5.41) is 0. The summed E-state index contributed by atoms with van der Waals surface area (Å²) < 4.78 is 75.8. The first-order chi connectivity index (χ1) is 24.0. The van der Waals surface area contributed by atoms with E-state index in [1.807, 2.05) is 20.8 Å². The van der Waals surface area contributed by atoms with Crippen LogP contribution in [-0.4, -0.2) is 183 Å². The molecule has 0 radical (unpaired) electrons. The third-order valence-electron chi connectivity index (χ3n) is 5.75. The fourth-order valence-corrected chi connectivity index (χ4v) is 3.41. The molecule has 0 N–H and O–H groups in total. The van der Waals surface area contributed by atoms with Crippen molar-refractivity contribution in [2.75, 3.05) is 172 Å². The minimum atomic E-state index is -0.512. The van der Waals surface area contributed by atoms with Crippen LogP contribution in [0.4, 0.5) is 0 Å². The summed E-state index contributed by atoms with van der Waals surface area (Å²) >= 11 is 0.